The van der Waals surface area contributed by atoms with Crippen LogP contribution in [0.3, 0.4) is 0 Å². The molecule has 0 atom stereocenters. The number of nitrogens with zero attached hydrogens (tertiary/aromatic N) is 2. The fourth-order valence-corrected chi connectivity index (χ4v) is 3.76. The highest BCUT2D eigenvalue weighted by molar-refractivity contribution is 7.99. The van der Waals surface area contributed by atoms with Gasteiger partial charge in [0.15, 0.2) is 0 Å². The Balaban J connectivity index is 1.44. The Morgan fingerprint density at radius 3 is 2.39 bits per heavy atom. The maximum absolute atomic E-state index is 12.2. The molecule has 9 heteroatoms. The van der Waals surface area contributed by atoms with Crippen molar-refractivity contribution in [2.45, 2.75) is 12.7 Å². The lowest BCUT2D eigenvalue weighted by atomic mass is 10.1. The zero-order valence-corrected chi connectivity index (χ0v) is 17.3. The normalized spacial score (nSPS) is 10.5. The Bertz CT molecular complexity index is 959. The number of anilines is 2. The molecule has 144 valence electrons. The average molecular weight is 433 g/mol. The van der Waals surface area contributed by atoms with Crippen LogP contribution in [0.25, 0.3) is 0 Å². The first-order chi connectivity index (χ1) is 13.5. The fourth-order valence-electron chi connectivity index (χ4n) is 2.26. The highest BCUT2D eigenvalue weighted by atomic mass is 35.5. The fraction of sp³-hybridized carbons (Fsp3) is 0.158. The van der Waals surface area contributed by atoms with Crippen LogP contribution in [-0.2, 0) is 10.5 Å². The first kappa shape index (κ1) is 20.3. The number of hydrogen-bond donors (Lipinski definition) is 2. The van der Waals surface area contributed by atoms with Crippen LogP contribution >= 0.6 is 34.7 Å². The van der Waals surface area contributed by atoms with E-state index in [1.54, 1.807) is 36.4 Å². The third-order valence-corrected chi connectivity index (χ3v) is 5.60. The molecule has 0 fully saturated rings. The summed E-state index contributed by atoms with van der Waals surface area (Å²) in [5.74, 6) is 0.709. The van der Waals surface area contributed by atoms with Gasteiger partial charge in [-0.3, -0.25) is 14.9 Å². The van der Waals surface area contributed by atoms with Gasteiger partial charge in [-0.25, -0.2) is 0 Å². The second-order valence-electron chi connectivity index (χ2n) is 5.83. The van der Waals surface area contributed by atoms with Crippen LogP contribution in [0, 0.1) is 6.92 Å². The van der Waals surface area contributed by atoms with Crippen LogP contribution in [-0.4, -0.2) is 27.8 Å². The van der Waals surface area contributed by atoms with Crippen LogP contribution in [0.5, 0.6) is 0 Å². The van der Waals surface area contributed by atoms with E-state index in [4.69, 9.17) is 11.6 Å². The lowest BCUT2D eigenvalue weighted by Crippen LogP contribution is -2.14. The van der Waals surface area contributed by atoms with Gasteiger partial charge in [0.1, 0.15) is 5.01 Å². The Kier molecular flexibility index (Phi) is 7.02. The number of halogens is 1. The van der Waals surface area contributed by atoms with Crippen molar-refractivity contribution in [1.29, 1.82) is 0 Å². The van der Waals surface area contributed by atoms with Gasteiger partial charge in [-0.2, -0.15) is 0 Å². The number of aryl methyl sites for hydroxylation is 1. The molecule has 3 aromatic rings. The second kappa shape index (κ2) is 9.68. The van der Waals surface area contributed by atoms with Crippen molar-refractivity contribution in [3.8, 4) is 0 Å². The minimum absolute atomic E-state index is 0.0735. The van der Waals surface area contributed by atoms with Gasteiger partial charge >= 0.3 is 0 Å². The van der Waals surface area contributed by atoms with Crippen LogP contribution < -0.4 is 10.6 Å². The van der Waals surface area contributed by atoms with E-state index >= 15 is 0 Å². The minimum Gasteiger partial charge on any atom is -0.325 e. The Labute approximate surface area is 175 Å². The SMILES string of the molecule is Cc1nnc(NC(=O)c2ccc(CSCC(=O)Nc3ccc(Cl)cc3)cc2)s1. The molecule has 0 aliphatic heterocycles. The maximum Gasteiger partial charge on any atom is 0.257 e. The molecule has 0 aliphatic carbocycles. The highest BCUT2D eigenvalue weighted by Crippen LogP contribution is 2.18. The molecule has 0 saturated heterocycles. The number of benzene rings is 2. The van der Waals surface area contributed by atoms with Crippen molar-refractivity contribution >= 4 is 57.3 Å². The number of rotatable bonds is 7. The number of hydrogen-bond acceptors (Lipinski definition) is 6. The van der Waals surface area contributed by atoms with Crippen molar-refractivity contribution in [3.63, 3.8) is 0 Å². The summed E-state index contributed by atoms with van der Waals surface area (Å²) < 4.78 is 0. The van der Waals surface area contributed by atoms with E-state index in [2.05, 4.69) is 20.8 Å². The van der Waals surface area contributed by atoms with Crippen LogP contribution in [0.4, 0.5) is 10.8 Å². The summed E-state index contributed by atoms with van der Waals surface area (Å²) in [5.41, 5.74) is 2.30. The molecular weight excluding hydrogens is 416 g/mol. The smallest absolute Gasteiger partial charge is 0.257 e. The van der Waals surface area contributed by atoms with Crippen molar-refractivity contribution in [2.24, 2.45) is 0 Å². The summed E-state index contributed by atoms with van der Waals surface area (Å²) in [5, 5.41) is 15.2. The van der Waals surface area contributed by atoms with Gasteiger partial charge in [-0.05, 0) is 48.9 Å². The largest absolute Gasteiger partial charge is 0.325 e. The zero-order valence-electron chi connectivity index (χ0n) is 14.9. The molecule has 0 spiro atoms. The number of carbonyl (C=O) groups excluding carboxylic acids is 2. The molecule has 0 radical (unpaired) electrons. The summed E-state index contributed by atoms with van der Waals surface area (Å²) in [4.78, 5) is 24.2. The van der Waals surface area contributed by atoms with Gasteiger partial charge in [0.2, 0.25) is 11.0 Å². The molecule has 0 bridgehead atoms. The first-order valence-corrected chi connectivity index (χ1v) is 10.7. The van der Waals surface area contributed by atoms with Gasteiger partial charge in [0.25, 0.3) is 5.91 Å². The van der Waals surface area contributed by atoms with E-state index in [1.807, 2.05) is 19.1 Å². The molecule has 0 unspecified atom stereocenters. The van der Waals surface area contributed by atoms with Gasteiger partial charge in [0, 0.05) is 22.0 Å². The van der Waals surface area contributed by atoms with Crippen molar-refractivity contribution in [1.82, 2.24) is 10.2 Å². The van der Waals surface area contributed by atoms with E-state index in [9.17, 15) is 9.59 Å². The molecule has 28 heavy (non-hydrogen) atoms. The van der Waals surface area contributed by atoms with E-state index in [0.717, 1.165) is 16.3 Å². The number of nitrogens with one attached hydrogen (secondary N) is 2. The van der Waals surface area contributed by atoms with Crippen molar-refractivity contribution in [3.05, 3.63) is 69.7 Å². The highest BCUT2D eigenvalue weighted by Gasteiger charge is 2.09. The number of thioether (sulfide) groups is 1. The predicted molar refractivity (Wildman–Crippen MR) is 115 cm³/mol. The van der Waals surface area contributed by atoms with Gasteiger partial charge in [-0.15, -0.1) is 22.0 Å². The standard InChI is InChI=1S/C19H17ClN4O2S2/c1-12-23-24-19(28-12)22-18(26)14-4-2-13(3-5-14)10-27-11-17(25)21-16-8-6-15(20)7-9-16/h2-9H,10-11H2,1H3,(H,21,25)(H,22,24,26). The molecule has 2 N–H and O–H groups in total. The quantitative estimate of drug-likeness (QED) is 0.568. The molecule has 6 nitrogen and oxygen atoms in total. The third kappa shape index (κ3) is 6.05. The zero-order chi connectivity index (χ0) is 19.9. The monoisotopic (exact) mass is 432 g/mol. The third-order valence-electron chi connectivity index (χ3n) is 3.59. The van der Waals surface area contributed by atoms with Gasteiger partial charge in [-0.1, -0.05) is 35.1 Å². The number of aromatic nitrogens is 2. The molecular formula is C19H17ClN4O2S2. The lowest BCUT2D eigenvalue weighted by Gasteiger charge is -2.06. The molecule has 1 heterocycles. The molecule has 2 aromatic carbocycles. The maximum atomic E-state index is 12.2. The van der Waals surface area contributed by atoms with Crippen molar-refractivity contribution in [2.75, 3.05) is 16.4 Å². The van der Waals surface area contributed by atoms with Crippen LogP contribution in [0.1, 0.15) is 20.9 Å². The molecule has 1 aromatic heterocycles. The summed E-state index contributed by atoms with van der Waals surface area (Å²) in [6.07, 6.45) is 0. The van der Waals surface area contributed by atoms with Gasteiger partial charge < -0.3 is 5.32 Å². The minimum atomic E-state index is -0.224. The summed E-state index contributed by atoms with van der Waals surface area (Å²) in [6.45, 7) is 1.83. The number of amides is 2. The average Bonchev–Trinajstić information content (AvgIpc) is 3.09. The van der Waals surface area contributed by atoms with E-state index in [-0.39, 0.29) is 11.8 Å². The molecule has 0 saturated carbocycles. The van der Waals surface area contributed by atoms with Gasteiger partial charge in [0.05, 0.1) is 5.75 Å². The van der Waals surface area contributed by atoms with Crippen LogP contribution in [0.2, 0.25) is 5.02 Å². The molecule has 3 rings (SSSR count). The summed E-state index contributed by atoms with van der Waals surface area (Å²) in [6, 6.07) is 14.3. The van der Waals surface area contributed by atoms with E-state index in [0.29, 0.717) is 27.2 Å². The summed E-state index contributed by atoms with van der Waals surface area (Å²) >= 11 is 8.65. The first-order valence-electron chi connectivity index (χ1n) is 8.33. The topological polar surface area (TPSA) is 84.0 Å². The van der Waals surface area contributed by atoms with Crippen LogP contribution in [0.15, 0.2) is 48.5 Å². The van der Waals surface area contributed by atoms with E-state index < -0.39 is 0 Å². The Morgan fingerprint density at radius 2 is 1.75 bits per heavy atom. The van der Waals surface area contributed by atoms with E-state index in [1.165, 1.54) is 23.1 Å². The second-order valence-corrected chi connectivity index (χ2v) is 8.43. The molecule has 0 aliphatic rings. The summed E-state index contributed by atoms with van der Waals surface area (Å²) in [7, 11) is 0. The Morgan fingerprint density at radius 1 is 1.04 bits per heavy atom. The predicted octanol–water partition coefficient (Wildman–Crippen LogP) is 4.62. The Hall–Kier alpha value is -2.42. The number of carbonyl (C=O) groups is 2. The lowest BCUT2D eigenvalue weighted by molar-refractivity contribution is -0.113. The van der Waals surface area contributed by atoms with Crippen molar-refractivity contribution < 1.29 is 9.59 Å². The molecule has 2 amide bonds.